The van der Waals surface area contributed by atoms with Gasteiger partial charge in [-0.05, 0) is 57.9 Å². The lowest BCUT2D eigenvalue weighted by atomic mass is 9.96. The van der Waals surface area contributed by atoms with E-state index >= 15 is 0 Å². The molecule has 1 aliphatic heterocycles. The first kappa shape index (κ1) is 18.1. The van der Waals surface area contributed by atoms with Gasteiger partial charge < -0.3 is 20.3 Å². The summed E-state index contributed by atoms with van der Waals surface area (Å²) in [4.78, 5) is 26.1. The Morgan fingerprint density at radius 1 is 1.21 bits per heavy atom. The molecule has 3 amide bonds. The van der Waals surface area contributed by atoms with E-state index < -0.39 is 0 Å². The molecule has 1 fully saturated rings. The highest BCUT2D eigenvalue weighted by atomic mass is 16.5. The number of rotatable bonds is 5. The highest BCUT2D eigenvalue weighted by Gasteiger charge is 2.27. The van der Waals surface area contributed by atoms with Crippen LogP contribution < -0.4 is 15.4 Å². The zero-order valence-corrected chi connectivity index (χ0v) is 14.7. The molecule has 6 heteroatoms. The van der Waals surface area contributed by atoms with Crippen molar-refractivity contribution in [3.05, 3.63) is 24.3 Å². The monoisotopic (exact) mass is 333 g/mol. The number of amides is 3. The van der Waals surface area contributed by atoms with Gasteiger partial charge in [-0.1, -0.05) is 0 Å². The summed E-state index contributed by atoms with van der Waals surface area (Å²) in [6.45, 7) is 7.65. The Morgan fingerprint density at radius 2 is 1.83 bits per heavy atom. The third kappa shape index (κ3) is 5.15. The van der Waals surface area contributed by atoms with Crippen molar-refractivity contribution in [1.29, 1.82) is 0 Å². The van der Waals surface area contributed by atoms with Crippen LogP contribution in [-0.2, 0) is 4.79 Å². The van der Waals surface area contributed by atoms with Gasteiger partial charge in [0.2, 0.25) is 5.91 Å². The van der Waals surface area contributed by atoms with Crippen molar-refractivity contribution in [3.8, 4) is 5.75 Å². The fraction of sp³-hybridized carbons (Fsp3) is 0.556. The first-order valence-corrected chi connectivity index (χ1v) is 8.58. The van der Waals surface area contributed by atoms with Crippen LogP contribution in [0.4, 0.5) is 10.5 Å². The molecule has 0 bridgehead atoms. The van der Waals surface area contributed by atoms with Crippen LogP contribution in [0, 0.1) is 5.92 Å². The molecule has 1 saturated heterocycles. The zero-order valence-electron chi connectivity index (χ0n) is 14.7. The summed E-state index contributed by atoms with van der Waals surface area (Å²) in [5, 5.41) is 5.83. The van der Waals surface area contributed by atoms with Crippen molar-refractivity contribution in [3.63, 3.8) is 0 Å². The van der Waals surface area contributed by atoms with Crippen molar-refractivity contribution >= 4 is 17.6 Å². The lowest BCUT2D eigenvalue weighted by molar-refractivity contribution is -0.121. The van der Waals surface area contributed by atoms with Crippen LogP contribution >= 0.6 is 0 Å². The van der Waals surface area contributed by atoms with E-state index in [9.17, 15) is 9.59 Å². The predicted molar refractivity (Wildman–Crippen MR) is 94.2 cm³/mol. The summed E-state index contributed by atoms with van der Waals surface area (Å²) < 4.78 is 5.39. The fourth-order valence-electron chi connectivity index (χ4n) is 2.73. The molecule has 0 atom stereocenters. The Kier molecular flexibility index (Phi) is 6.46. The second-order valence-electron chi connectivity index (χ2n) is 6.31. The Labute approximate surface area is 143 Å². The molecule has 24 heavy (non-hydrogen) atoms. The number of carbonyl (C=O) groups excluding carboxylic acids is 2. The first-order valence-electron chi connectivity index (χ1n) is 8.58. The Bertz CT molecular complexity index is 549. The minimum Gasteiger partial charge on any atom is -0.494 e. The molecular weight excluding hydrogens is 306 g/mol. The van der Waals surface area contributed by atoms with Crippen molar-refractivity contribution < 1.29 is 14.3 Å². The molecule has 1 aliphatic rings. The number of anilines is 1. The zero-order chi connectivity index (χ0) is 17.5. The molecule has 0 saturated carbocycles. The van der Waals surface area contributed by atoms with E-state index in [1.807, 2.05) is 45.0 Å². The van der Waals surface area contributed by atoms with Gasteiger partial charge in [-0.15, -0.1) is 0 Å². The molecule has 1 aromatic carbocycles. The van der Waals surface area contributed by atoms with Gasteiger partial charge in [0.15, 0.2) is 0 Å². The number of piperidine rings is 1. The maximum atomic E-state index is 12.4. The van der Waals surface area contributed by atoms with Gasteiger partial charge in [-0.25, -0.2) is 4.79 Å². The SMILES string of the molecule is CCOc1ccc(NC(=O)C2CCN(C(=O)NC(C)C)CC2)cc1. The average molecular weight is 333 g/mol. The number of benzene rings is 1. The molecule has 0 radical (unpaired) electrons. The fourth-order valence-corrected chi connectivity index (χ4v) is 2.73. The van der Waals surface area contributed by atoms with E-state index in [4.69, 9.17) is 4.74 Å². The number of hydrogen-bond donors (Lipinski definition) is 2. The van der Waals surface area contributed by atoms with E-state index in [1.54, 1.807) is 4.90 Å². The number of likely N-dealkylation sites (tertiary alicyclic amines) is 1. The molecular formula is C18H27N3O3. The van der Waals surface area contributed by atoms with E-state index in [0.29, 0.717) is 32.5 Å². The molecule has 0 aromatic heterocycles. The predicted octanol–water partition coefficient (Wildman–Crippen LogP) is 2.85. The van der Waals surface area contributed by atoms with Gasteiger partial charge in [-0.3, -0.25) is 4.79 Å². The summed E-state index contributed by atoms with van der Waals surface area (Å²) >= 11 is 0. The largest absolute Gasteiger partial charge is 0.494 e. The average Bonchev–Trinajstić information content (AvgIpc) is 2.56. The van der Waals surface area contributed by atoms with Gasteiger partial charge in [-0.2, -0.15) is 0 Å². The molecule has 6 nitrogen and oxygen atoms in total. The lowest BCUT2D eigenvalue weighted by Crippen LogP contribution is -2.47. The van der Waals surface area contributed by atoms with E-state index in [2.05, 4.69) is 10.6 Å². The molecule has 0 unspecified atom stereocenters. The van der Waals surface area contributed by atoms with Gasteiger partial charge in [0.25, 0.3) is 0 Å². The molecule has 2 N–H and O–H groups in total. The molecule has 0 spiro atoms. The van der Waals surface area contributed by atoms with Crippen LogP contribution in [0.3, 0.4) is 0 Å². The van der Waals surface area contributed by atoms with Crippen molar-refractivity contribution in [2.75, 3.05) is 25.0 Å². The molecule has 132 valence electrons. The lowest BCUT2D eigenvalue weighted by Gasteiger charge is -2.32. The van der Waals surface area contributed by atoms with Crippen LogP contribution in [-0.4, -0.2) is 42.6 Å². The second kappa shape index (κ2) is 8.57. The van der Waals surface area contributed by atoms with Crippen LogP contribution in [0.1, 0.15) is 33.6 Å². The number of nitrogens with zero attached hydrogens (tertiary/aromatic N) is 1. The summed E-state index contributed by atoms with van der Waals surface area (Å²) in [6.07, 6.45) is 1.38. The Hall–Kier alpha value is -2.24. The topological polar surface area (TPSA) is 70.7 Å². The van der Waals surface area contributed by atoms with Crippen LogP contribution in [0.2, 0.25) is 0 Å². The van der Waals surface area contributed by atoms with Crippen molar-refractivity contribution in [2.24, 2.45) is 5.92 Å². The minimum absolute atomic E-state index is 0.0167. The van der Waals surface area contributed by atoms with Crippen LogP contribution in [0.15, 0.2) is 24.3 Å². The Morgan fingerprint density at radius 3 is 2.38 bits per heavy atom. The van der Waals surface area contributed by atoms with Gasteiger partial charge >= 0.3 is 6.03 Å². The summed E-state index contributed by atoms with van der Waals surface area (Å²) in [5.41, 5.74) is 0.767. The summed E-state index contributed by atoms with van der Waals surface area (Å²) in [7, 11) is 0. The molecule has 2 rings (SSSR count). The van der Waals surface area contributed by atoms with Gasteiger partial charge in [0.1, 0.15) is 5.75 Å². The van der Waals surface area contributed by atoms with Crippen molar-refractivity contribution in [2.45, 2.75) is 39.7 Å². The van der Waals surface area contributed by atoms with Crippen LogP contribution in [0.5, 0.6) is 5.75 Å². The Balaban J connectivity index is 1.81. The van der Waals surface area contributed by atoms with Crippen LogP contribution in [0.25, 0.3) is 0 Å². The van der Waals surface area contributed by atoms with Crippen molar-refractivity contribution in [1.82, 2.24) is 10.2 Å². The standard InChI is InChI=1S/C18H27N3O3/c1-4-24-16-7-5-15(6-8-16)20-17(22)14-9-11-21(12-10-14)18(23)19-13(2)3/h5-8,13-14H,4,9-12H2,1-3H3,(H,19,23)(H,20,22). The maximum absolute atomic E-state index is 12.4. The minimum atomic E-state index is -0.0559. The smallest absolute Gasteiger partial charge is 0.317 e. The maximum Gasteiger partial charge on any atom is 0.317 e. The molecule has 0 aliphatic carbocycles. The third-order valence-electron chi connectivity index (χ3n) is 4.00. The quantitative estimate of drug-likeness (QED) is 0.870. The van der Waals surface area contributed by atoms with E-state index in [-0.39, 0.29) is 23.9 Å². The number of urea groups is 1. The summed E-state index contributed by atoms with van der Waals surface area (Å²) in [5.74, 6) is 0.753. The number of carbonyl (C=O) groups is 2. The highest BCUT2D eigenvalue weighted by molar-refractivity contribution is 5.92. The van der Waals surface area contributed by atoms with Gasteiger partial charge in [0, 0.05) is 30.7 Å². The number of nitrogens with one attached hydrogen (secondary N) is 2. The van der Waals surface area contributed by atoms with Gasteiger partial charge in [0.05, 0.1) is 6.61 Å². The molecule has 1 aromatic rings. The number of ether oxygens (including phenoxy) is 1. The highest BCUT2D eigenvalue weighted by Crippen LogP contribution is 2.21. The normalized spacial score (nSPS) is 15.2. The molecule has 1 heterocycles. The number of hydrogen-bond acceptors (Lipinski definition) is 3. The van der Waals surface area contributed by atoms with E-state index in [1.165, 1.54) is 0 Å². The second-order valence-corrected chi connectivity index (χ2v) is 6.31. The third-order valence-corrected chi connectivity index (χ3v) is 4.00. The van der Waals surface area contributed by atoms with E-state index in [0.717, 1.165) is 11.4 Å². The summed E-state index contributed by atoms with van der Waals surface area (Å²) in [6, 6.07) is 7.45. The first-order chi connectivity index (χ1) is 11.5.